The molecule has 1 N–H and O–H groups in total. The van der Waals surface area contributed by atoms with Crippen molar-refractivity contribution in [2.24, 2.45) is 0 Å². The molecule has 0 spiro atoms. The molecule has 0 atom stereocenters. The number of piperidine rings is 1. The van der Waals surface area contributed by atoms with Crippen LogP contribution in [0.5, 0.6) is 17.2 Å². The Kier molecular flexibility index (Phi) is 8.18. The zero-order valence-corrected chi connectivity index (χ0v) is 24.8. The van der Waals surface area contributed by atoms with Gasteiger partial charge in [0.05, 0.1) is 18.5 Å². The van der Waals surface area contributed by atoms with Gasteiger partial charge >= 0.3 is 0 Å². The lowest BCUT2D eigenvalue weighted by Gasteiger charge is -2.42. The van der Waals surface area contributed by atoms with E-state index in [1.54, 1.807) is 31.3 Å². The van der Waals surface area contributed by atoms with Crippen LogP contribution in [-0.4, -0.2) is 97.5 Å². The maximum atomic E-state index is 14.5. The SMILES string of the molecule is CCOc1cc(C(=O)N2CCN(C3CCN(C)CC3)CC2)ccc1Nc1cc2c(cn1)N(C)C(=O)c1c(F)cccc1O2. The number of nitrogens with zero attached hydrogens (tertiary/aromatic N) is 5. The second kappa shape index (κ2) is 12.2. The van der Waals surface area contributed by atoms with E-state index in [9.17, 15) is 14.0 Å². The second-order valence-electron chi connectivity index (χ2n) is 11.2. The van der Waals surface area contributed by atoms with Crippen molar-refractivity contribution in [3.63, 3.8) is 0 Å². The van der Waals surface area contributed by atoms with Gasteiger partial charge in [0.2, 0.25) is 0 Å². The predicted octanol–water partition coefficient (Wildman–Crippen LogP) is 4.60. The van der Waals surface area contributed by atoms with E-state index in [0.717, 1.165) is 26.2 Å². The number of carbonyl (C=O) groups is 2. The van der Waals surface area contributed by atoms with Crippen LogP contribution in [0, 0.1) is 5.82 Å². The Labute approximate surface area is 251 Å². The Morgan fingerprint density at radius 2 is 1.81 bits per heavy atom. The van der Waals surface area contributed by atoms with Crippen molar-refractivity contribution in [3.05, 3.63) is 65.6 Å². The van der Waals surface area contributed by atoms with E-state index in [0.29, 0.717) is 60.0 Å². The minimum Gasteiger partial charge on any atom is -0.492 e. The second-order valence-corrected chi connectivity index (χ2v) is 11.2. The average molecular weight is 589 g/mol. The number of carbonyl (C=O) groups excluding carboxylic acids is 2. The lowest BCUT2D eigenvalue weighted by molar-refractivity contribution is 0.0475. The van der Waals surface area contributed by atoms with Gasteiger partial charge in [0, 0.05) is 50.9 Å². The first-order chi connectivity index (χ1) is 20.8. The van der Waals surface area contributed by atoms with Crippen LogP contribution in [-0.2, 0) is 0 Å². The number of piperazine rings is 1. The van der Waals surface area contributed by atoms with Gasteiger partial charge in [0.1, 0.15) is 34.4 Å². The first-order valence-corrected chi connectivity index (χ1v) is 14.8. The fraction of sp³-hybridized carbons (Fsp3) is 0.406. The molecule has 4 heterocycles. The van der Waals surface area contributed by atoms with Crippen LogP contribution in [0.25, 0.3) is 0 Å². The standard InChI is InChI=1S/C32H37FN6O4/c1-4-42-27-18-21(31(40)39-16-14-38(15-17-39)22-10-12-36(2)13-11-22)8-9-24(27)35-29-19-28-25(20-34-29)37(3)32(41)30-23(33)6-5-7-26(30)43-28/h5-9,18-20,22H,4,10-17H2,1-3H3,(H,34,35). The van der Waals surface area contributed by atoms with Gasteiger partial charge < -0.3 is 29.5 Å². The number of pyridine rings is 1. The molecule has 43 heavy (non-hydrogen) atoms. The molecule has 1 aromatic heterocycles. The quantitative estimate of drug-likeness (QED) is 0.447. The molecule has 3 aliphatic rings. The molecule has 226 valence electrons. The van der Waals surface area contributed by atoms with Crippen molar-refractivity contribution in [1.82, 2.24) is 19.7 Å². The normalized spacial score (nSPS) is 18.0. The summed E-state index contributed by atoms with van der Waals surface area (Å²) >= 11 is 0. The predicted molar refractivity (Wildman–Crippen MR) is 162 cm³/mol. The van der Waals surface area contributed by atoms with Gasteiger partial charge in [-0.15, -0.1) is 0 Å². The highest BCUT2D eigenvalue weighted by Gasteiger charge is 2.30. The fourth-order valence-corrected chi connectivity index (χ4v) is 6.03. The van der Waals surface area contributed by atoms with E-state index in [4.69, 9.17) is 9.47 Å². The van der Waals surface area contributed by atoms with E-state index in [-0.39, 0.29) is 17.2 Å². The maximum Gasteiger partial charge on any atom is 0.264 e. The highest BCUT2D eigenvalue weighted by molar-refractivity contribution is 6.09. The number of amides is 2. The number of hydrogen-bond donors (Lipinski definition) is 1. The van der Waals surface area contributed by atoms with Crippen LogP contribution in [0.3, 0.4) is 0 Å². The summed E-state index contributed by atoms with van der Waals surface area (Å²) in [6.45, 7) is 7.75. The minimum absolute atomic E-state index is 0.00862. The van der Waals surface area contributed by atoms with Crippen LogP contribution >= 0.6 is 0 Å². The molecule has 0 bridgehead atoms. The zero-order valence-electron chi connectivity index (χ0n) is 24.8. The summed E-state index contributed by atoms with van der Waals surface area (Å²) in [5.41, 5.74) is 1.48. The number of fused-ring (bicyclic) bond motifs is 2. The molecule has 2 aromatic carbocycles. The van der Waals surface area contributed by atoms with Gasteiger partial charge in [-0.25, -0.2) is 9.37 Å². The van der Waals surface area contributed by atoms with E-state index >= 15 is 0 Å². The number of likely N-dealkylation sites (tertiary alicyclic amines) is 1. The number of ether oxygens (including phenoxy) is 2. The molecule has 3 aromatic rings. The maximum absolute atomic E-state index is 14.5. The molecule has 3 aliphatic heterocycles. The Balaban J connectivity index is 1.17. The number of aromatic nitrogens is 1. The average Bonchev–Trinajstić information content (AvgIpc) is 3.12. The van der Waals surface area contributed by atoms with Crippen LogP contribution < -0.4 is 19.7 Å². The number of hydrogen-bond acceptors (Lipinski definition) is 8. The lowest BCUT2D eigenvalue weighted by atomic mass is 10.0. The highest BCUT2D eigenvalue weighted by Crippen LogP contribution is 2.40. The molecule has 2 amide bonds. The monoisotopic (exact) mass is 588 g/mol. The van der Waals surface area contributed by atoms with Gasteiger partial charge in [-0.3, -0.25) is 14.5 Å². The van der Waals surface area contributed by atoms with Gasteiger partial charge in [0.25, 0.3) is 11.8 Å². The number of nitrogens with one attached hydrogen (secondary N) is 1. The summed E-state index contributed by atoms with van der Waals surface area (Å²) in [5.74, 6) is 0.269. The van der Waals surface area contributed by atoms with Crippen molar-refractivity contribution in [2.45, 2.75) is 25.8 Å². The summed E-state index contributed by atoms with van der Waals surface area (Å²) < 4.78 is 26.4. The summed E-state index contributed by atoms with van der Waals surface area (Å²) in [5, 5.41) is 3.25. The van der Waals surface area contributed by atoms with Crippen LogP contribution in [0.15, 0.2) is 48.7 Å². The van der Waals surface area contributed by atoms with Crippen molar-refractivity contribution >= 4 is 29.0 Å². The number of rotatable bonds is 6. The third-order valence-corrected chi connectivity index (χ3v) is 8.52. The zero-order chi connectivity index (χ0) is 30.1. The van der Waals surface area contributed by atoms with Gasteiger partial charge in [-0.05, 0) is 70.2 Å². The van der Waals surface area contributed by atoms with E-state index in [2.05, 4.69) is 27.1 Å². The van der Waals surface area contributed by atoms with Crippen molar-refractivity contribution in [2.75, 3.05) is 70.2 Å². The Hall–Kier alpha value is -4.22. The molecular weight excluding hydrogens is 551 g/mol. The van der Waals surface area contributed by atoms with E-state index in [1.807, 2.05) is 17.9 Å². The Morgan fingerprint density at radius 1 is 1.05 bits per heavy atom. The number of halogens is 1. The molecule has 11 heteroatoms. The molecule has 0 aliphatic carbocycles. The van der Waals surface area contributed by atoms with Crippen molar-refractivity contribution < 1.29 is 23.5 Å². The largest absolute Gasteiger partial charge is 0.492 e. The summed E-state index contributed by atoms with van der Waals surface area (Å²) in [6.07, 6.45) is 3.87. The molecule has 10 nitrogen and oxygen atoms in total. The molecule has 0 saturated carbocycles. The fourth-order valence-electron chi connectivity index (χ4n) is 6.03. The molecule has 0 radical (unpaired) electrons. The third-order valence-electron chi connectivity index (χ3n) is 8.52. The lowest BCUT2D eigenvalue weighted by Crippen LogP contribution is -2.54. The number of anilines is 3. The molecule has 2 fully saturated rings. The Bertz CT molecular complexity index is 1520. The Morgan fingerprint density at radius 3 is 2.56 bits per heavy atom. The number of benzene rings is 2. The van der Waals surface area contributed by atoms with Gasteiger partial charge in [-0.1, -0.05) is 6.07 Å². The van der Waals surface area contributed by atoms with Crippen molar-refractivity contribution in [1.29, 1.82) is 0 Å². The van der Waals surface area contributed by atoms with Crippen molar-refractivity contribution in [3.8, 4) is 17.2 Å². The third kappa shape index (κ3) is 5.87. The first kappa shape index (κ1) is 28.9. The first-order valence-electron chi connectivity index (χ1n) is 14.8. The van der Waals surface area contributed by atoms with Gasteiger partial charge in [0.15, 0.2) is 5.75 Å². The van der Waals surface area contributed by atoms with E-state index in [1.165, 1.54) is 36.1 Å². The molecular formula is C32H37FN6O4. The van der Waals surface area contributed by atoms with Gasteiger partial charge in [-0.2, -0.15) is 0 Å². The van der Waals surface area contributed by atoms with Crippen LogP contribution in [0.2, 0.25) is 0 Å². The summed E-state index contributed by atoms with van der Waals surface area (Å²) in [6, 6.07) is 11.9. The van der Waals surface area contributed by atoms with Crippen LogP contribution in [0.4, 0.5) is 21.6 Å². The summed E-state index contributed by atoms with van der Waals surface area (Å²) in [4.78, 5) is 39.0. The topological polar surface area (TPSA) is 90.5 Å². The molecule has 0 unspecified atom stereocenters. The minimum atomic E-state index is -0.649. The van der Waals surface area contributed by atoms with Crippen LogP contribution in [0.1, 0.15) is 40.5 Å². The smallest absolute Gasteiger partial charge is 0.264 e. The van der Waals surface area contributed by atoms with E-state index < -0.39 is 11.7 Å². The molecule has 6 rings (SSSR count). The molecule has 2 saturated heterocycles. The highest BCUT2D eigenvalue weighted by atomic mass is 19.1. The summed E-state index contributed by atoms with van der Waals surface area (Å²) in [7, 11) is 3.73.